The molecule has 7 heteroatoms. The van der Waals surface area contributed by atoms with Crippen molar-refractivity contribution in [1.29, 1.82) is 0 Å². The van der Waals surface area contributed by atoms with Crippen LogP contribution in [0.4, 0.5) is 0 Å². The zero-order valence-corrected chi connectivity index (χ0v) is 10.8. The standard InChI is InChI=1S/C9H21BO6/c1-7(11-4)14-10(15-8(2)12-5)16-9(3)13-6/h7-9H,1-6H3. The molecule has 0 N–H and O–H groups in total. The van der Waals surface area contributed by atoms with Crippen LogP contribution in [0.5, 0.6) is 0 Å². The molecule has 6 nitrogen and oxygen atoms in total. The first-order valence-electron chi connectivity index (χ1n) is 5.08. The fraction of sp³-hybridized carbons (Fsp3) is 1.00. The minimum absolute atomic E-state index is 0.446. The van der Waals surface area contributed by atoms with E-state index in [-0.39, 0.29) is 0 Å². The van der Waals surface area contributed by atoms with Crippen LogP contribution in [0.3, 0.4) is 0 Å². The van der Waals surface area contributed by atoms with E-state index >= 15 is 0 Å². The molecule has 0 spiro atoms. The van der Waals surface area contributed by atoms with Gasteiger partial charge < -0.3 is 28.2 Å². The van der Waals surface area contributed by atoms with Crippen molar-refractivity contribution in [3.05, 3.63) is 0 Å². The molecule has 0 saturated carbocycles. The van der Waals surface area contributed by atoms with Crippen molar-refractivity contribution in [2.24, 2.45) is 0 Å². The van der Waals surface area contributed by atoms with Crippen LogP contribution in [0.2, 0.25) is 0 Å². The molecule has 0 aliphatic rings. The van der Waals surface area contributed by atoms with Gasteiger partial charge in [-0.15, -0.1) is 0 Å². The normalized spacial score (nSPS) is 16.9. The van der Waals surface area contributed by atoms with Gasteiger partial charge in [0, 0.05) is 21.3 Å². The van der Waals surface area contributed by atoms with Crippen LogP contribution >= 0.6 is 0 Å². The summed E-state index contributed by atoms with van der Waals surface area (Å²) in [5, 5.41) is 0. The molecule has 0 aliphatic carbocycles. The van der Waals surface area contributed by atoms with Crippen LogP contribution in [0.25, 0.3) is 0 Å². The molecule has 0 aromatic carbocycles. The van der Waals surface area contributed by atoms with Gasteiger partial charge in [-0.3, -0.25) is 0 Å². The Morgan fingerprint density at radius 2 is 0.875 bits per heavy atom. The Morgan fingerprint density at radius 3 is 1.06 bits per heavy atom. The van der Waals surface area contributed by atoms with E-state index in [1.165, 1.54) is 21.3 Å². The Kier molecular flexibility index (Phi) is 8.82. The highest BCUT2D eigenvalue weighted by molar-refractivity contribution is 6.36. The molecule has 0 aliphatic heterocycles. The van der Waals surface area contributed by atoms with Crippen molar-refractivity contribution < 1.29 is 28.2 Å². The van der Waals surface area contributed by atoms with Gasteiger partial charge in [0.2, 0.25) is 0 Å². The third-order valence-electron chi connectivity index (χ3n) is 1.90. The molecule has 0 bridgehead atoms. The third-order valence-corrected chi connectivity index (χ3v) is 1.90. The molecule has 0 rings (SSSR count). The predicted molar refractivity (Wildman–Crippen MR) is 58.4 cm³/mol. The lowest BCUT2D eigenvalue weighted by atomic mass is 10.2. The lowest BCUT2D eigenvalue weighted by Crippen LogP contribution is -2.38. The van der Waals surface area contributed by atoms with Gasteiger partial charge in [0.15, 0.2) is 0 Å². The average molecular weight is 236 g/mol. The summed E-state index contributed by atoms with van der Waals surface area (Å²) >= 11 is 0. The van der Waals surface area contributed by atoms with E-state index in [2.05, 4.69) is 0 Å². The fourth-order valence-electron chi connectivity index (χ4n) is 0.732. The highest BCUT2D eigenvalue weighted by atomic mass is 16.8. The molecule has 3 unspecified atom stereocenters. The van der Waals surface area contributed by atoms with Crippen molar-refractivity contribution in [3.8, 4) is 0 Å². The molecule has 0 amide bonds. The van der Waals surface area contributed by atoms with Crippen LogP contribution in [-0.2, 0) is 28.2 Å². The number of hydrogen-bond acceptors (Lipinski definition) is 6. The summed E-state index contributed by atoms with van der Waals surface area (Å²) in [7, 11) is 3.68. The van der Waals surface area contributed by atoms with Gasteiger partial charge in [0.1, 0.15) is 18.9 Å². The molecule has 0 aromatic rings. The summed E-state index contributed by atoms with van der Waals surface area (Å²) in [5.74, 6) is 0. The van der Waals surface area contributed by atoms with Gasteiger partial charge in [0.25, 0.3) is 0 Å². The second-order valence-corrected chi connectivity index (χ2v) is 3.11. The first-order chi connectivity index (χ1) is 7.53. The maximum Gasteiger partial charge on any atom is 0.645 e. The molecule has 16 heavy (non-hydrogen) atoms. The van der Waals surface area contributed by atoms with Crippen LogP contribution in [0.15, 0.2) is 0 Å². The van der Waals surface area contributed by atoms with E-state index in [0.29, 0.717) is 0 Å². The Balaban J connectivity index is 4.15. The Bertz CT molecular complexity index is 142. The van der Waals surface area contributed by atoms with E-state index in [1.807, 2.05) is 0 Å². The SMILES string of the molecule is COC(C)OB(OC(C)OC)OC(C)OC. The summed E-state index contributed by atoms with van der Waals surface area (Å²) in [6, 6.07) is 0. The van der Waals surface area contributed by atoms with Gasteiger partial charge in [-0.25, -0.2) is 0 Å². The highest BCUT2D eigenvalue weighted by Crippen LogP contribution is 2.06. The minimum Gasteiger partial charge on any atom is -0.360 e. The first kappa shape index (κ1) is 15.8. The van der Waals surface area contributed by atoms with Crippen LogP contribution in [0.1, 0.15) is 20.8 Å². The summed E-state index contributed by atoms with van der Waals surface area (Å²) < 4.78 is 30.8. The summed E-state index contributed by atoms with van der Waals surface area (Å²) in [6.07, 6.45) is -1.34. The maximum absolute atomic E-state index is 5.32. The lowest BCUT2D eigenvalue weighted by Gasteiger charge is -2.22. The topological polar surface area (TPSA) is 55.4 Å². The van der Waals surface area contributed by atoms with Gasteiger partial charge in [-0.2, -0.15) is 0 Å². The number of rotatable bonds is 9. The number of ether oxygens (including phenoxy) is 3. The van der Waals surface area contributed by atoms with Gasteiger partial charge >= 0.3 is 7.32 Å². The van der Waals surface area contributed by atoms with Crippen molar-refractivity contribution in [2.75, 3.05) is 21.3 Å². The largest absolute Gasteiger partial charge is 0.645 e. The second kappa shape index (κ2) is 8.92. The minimum atomic E-state index is -0.903. The highest BCUT2D eigenvalue weighted by Gasteiger charge is 2.29. The van der Waals surface area contributed by atoms with Gasteiger partial charge in [0.05, 0.1) is 0 Å². The smallest absolute Gasteiger partial charge is 0.360 e. The molecular weight excluding hydrogens is 215 g/mol. The number of methoxy groups -OCH3 is 3. The van der Waals surface area contributed by atoms with Crippen LogP contribution in [-0.4, -0.2) is 47.5 Å². The molecule has 0 fully saturated rings. The molecule has 96 valence electrons. The Morgan fingerprint density at radius 1 is 0.625 bits per heavy atom. The fourth-order valence-corrected chi connectivity index (χ4v) is 0.732. The molecule has 0 saturated heterocycles. The van der Waals surface area contributed by atoms with E-state index in [0.717, 1.165) is 0 Å². The molecule has 0 radical (unpaired) electrons. The van der Waals surface area contributed by atoms with Crippen LogP contribution < -0.4 is 0 Å². The van der Waals surface area contributed by atoms with E-state index in [4.69, 9.17) is 28.2 Å². The summed E-state index contributed by atoms with van der Waals surface area (Å²) in [5.41, 5.74) is 0. The predicted octanol–water partition coefficient (Wildman–Crippen LogP) is 0.998. The van der Waals surface area contributed by atoms with Gasteiger partial charge in [-0.05, 0) is 20.8 Å². The zero-order chi connectivity index (χ0) is 12.6. The quantitative estimate of drug-likeness (QED) is 0.439. The molecular formula is C9H21BO6. The van der Waals surface area contributed by atoms with Crippen LogP contribution in [0, 0.1) is 0 Å². The van der Waals surface area contributed by atoms with Gasteiger partial charge in [-0.1, -0.05) is 0 Å². The second-order valence-electron chi connectivity index (χ2n) is 3.11. The van der Waals surface area contributed by atoms with E-state index in [1.54, 1.807) is 20.8 Å². The maximum atomic E-state index is 5.32. The summed E-state index contributed by atoms with van der Waals surface area (Å²) in [6.45, 7) is 5.19. The van der Waals surface area contributed by atoms with E-state index < -0.39 is 26.2 Å². The molecule has 3 atom stereocenters. The van der Waals surface area contributed by atoms with Crippen molar-refractivity contribution in [2.45, 2.75) is 39.6 Å². The zero-order valence-electron chi connectivity index (χ0n) is 10.8. The Labute approximate surface area is 97.3 Å². The lowest BCUT2D eigenvalue weighted by molar-refractivity contribution is -0.147. The van der Waals surface area contributed by atoms with E-state index in [9.17, 15) is 0 Å². The third kappa shape index (κ3) is 7.16. The van der Waals surface area contributed by atoms with Crippen molar-refractivity contribution >= 4 is 7.32 Å². The molecule has 0 aromatic heterocycles. The van der Waals surface area contributed by atoms with Crippen molar-refractivity contribution in [3.63, 3.8) is 0 Å². The number of hydrogen-bond donors (Lipinski definition) is 0. The average Bonchev–Trinajstić information content (AvgIpc) is 2.28. The summed E-state index contributed by atoms with van der Waals surface area (Å²) in [4.78, 5) is 0. The monoisotopic (exact) mass is 236 g/mol. The Hall–Kier alpha value is -0.175. The van der Waals surface area contributed by atoms with Crippen molar-refractivity contribution in [1.82, 2.24) is 0 Å². The first-order valence-corrected chi connectivity index (χ1v) is 5.08. The molecule has 0 heterocycles.